The lowest BCUT2D eigenvalue weighted by Gasteiger charge is -2.33. The van der Waals surface area contributed by atoms with Crippen molar-refractivity contribution in [3.8, 4) is 0 Å². The molecular weight excluding hydrogens is 220 g/mol. The van der Waals surface area contributed by atoms with Crippen molar-refractivity contribution in [3.63, 3.8) is 0 Å². The van der Waals surface area contributed by atoms with E-state index in [1.54, 1.807) is 6.20 Å². The smallest absolute Gasteiger partial charge is 0.151 e. The molecular formula is C12H16N2O3. The van der Waals surface area contributed by atoms with Gasteiger partial charge in [-0.2, -0.15) is 0 Å². The number of morpholine rings is 1. The van der Waals surface area contributed by atoms with Crippen LogP contribution in [-0.4, -0.2) is 48.8 Å². The molecule has 1 aliphatic rings. The summed E-state index contributed by atoms with van der Waals surface area (Å²) in [5.41, 5.74) is 1.55. The average molecular weight is 236 g/mol. The van der Waals surface area contributed by atoms with Crippen LogP contribution in [0, 0.1) is 6.92 Å². The van der Waals surface area contributed by atoms with Gasteiger partial charge in [0.05, 0.1) is 19.3 Å². The topological polar surface area (TPSA) is 62.7 Å². The third-order valence-corrected chi connectivity index (χ3v) is 2.85. The zero-order chi connectivity index (χ0) is 12.3. The maximum Gasteiger partial charge on any atom is 0.151 e. The van der Waals surface area contributed by atoms with Crippen molar-refractivity contribution in [2.45, 2.75) is 13.0 Å². The molecule has 0 bridgehead atoms. The van der Waals surface area contributed by atoms with Gasteiger partial charge in [0.1, 0.15) is 5.82 Å². The van der Waals surface area contributed by atoms with Crippen molar-refractivity contribution in [2.75, 3.05) is 31.2 Å². The average Bonchev–Trinajstić information content (AvgIpc) is 2.38. The van der Waals surface area contributed by atoms with Gasteiger partial charge in [0.2, 0.25) is 0 Å². The Morgan fingerprint density at radius 1 is 1.71 bits per heavy atom. The van der Waals surface area contributed by atoms with E-state index in [0.29, 0.717) is 18.7 Å². The minimum absolute atomic E-state index is 0.0158. The van der Waals surface area contributed by atoms with Crippen LogP contribution in [0.1, 0.15) is 15.9 Å². The minimum Gasteiger partial charge on any atom is -0.394 e. The lowest BCUT2D eigenvalue weighted by molar-refractivity contribution is 0.00333. The Bertz CT molecular complexity index is 409. The first-order chi connectivity index (χ1) is 8.24. The van der Waals surface area contributed by atoms with Crippen molar-refractivity contribution >= 4 is 12.1 Å². The van der Waals surface area contributed by atoms with E-state index in [2.05, 4.69) is 9.88 Å². The van der Waals surface area contributed by atoms with Crippen molar-refractivity contribution < 1.29 is 14.6 Å². The standard InChI is InChI=1S/C12H16N2O3/c1-9-4-10(7-15)5-13-12(9)14-2-3-17-11(6-14)8-16/h4-5,7,11,16H,2-3,6,8H2,1H3. The second-order valence-electron chi connectivity index (χ2n) is 4.15. The van der Waals surface area contributed by atoms with Crippen LogP contribution in [-0.2, 0) is 4.74 Å². The molecule has 2 rings (SSSR count). The summed E-state index contributed by atoms with van der Waals surface area (Å²) in [5, 5.41) is 9.09. The monoisotopic (exact) mass is 236 g/mol. The fourth-order valence-electron chi connectivity index (χ4n) is 2.01. The first-order valence-electron chi connectivity index (χ1n) is 5.64. The molecule has 1 aromatic heterocycles. The van der Waals surface area contributed by atoms with E-state index in [-0.39, 0.29) is 12.7 Å². The summed E-state index contributed by atoms with van der Waals surface area (Å²) < 4.78 is 5.39. The summed E-state index contributed by atoms with van der Waals surface area (Å²) >= 11 is 0. The molecule has 1 fully saturated rings. The van der Waals surface area contributed by atoms with E-state index in [9.17, 15) is 4.79 Å². The Morgan fingerprint density at radius 3 is 3.18 bits per heavy atom. The third-order valence-electron chi connectivity index (χ3n) is 2.85. The fraction of sp³-hybridized carbons (Fsp3) is 0.500. The van der Waals surface area contributed by atoms with E-state index in [4.69, 9.17) is 9.84 Å². The number of aliphatic hydroxyl groups excluding tert-OH is 1. The Balaban J connectivity index is 2.18. The van der Waals surface area contributed by atoms with Gasteiger partial charge in [0, 0.05) is 24.8 Å². The molecule has 2 heterocycles. The van der Waals surface area contributed by atoms with E-state index in [1.807, 2.05) is 13.0 Å². The summed E-state index contributed by atoms with van der Waals surface area (Å²) in [5.74, 6) is 0.859. The fourth-order valence-corrected chi connectivity index (χ4v) is 2.01. The van der Waals surface area contributed by atoms with Crippen LogP contribution in [0.5, 0.6) is 0 Å². The van der Waals surface area contributed by atoms with Gasteiger partial charge in [-0.05, 0) is 18.6 Å². The summed E-state index contributed by atoms with van der Waals surface area (Å²) in [4.78, 5) is 17.0. The van der Waals surface area contributed by atoms with Crippen molar-refractivity contribution in [1.29, 1.82) is 0 Å². The van der Waals surface area contributed by atoms with E-state index in [1.165, 1.54) is 0 Å². The molecule has 1 atom stereocenters. The van der Waals surface area contributed by atoms with Crippen LogP contribution < -0.4 is 4.90 Å². The number of carbonyl (C=O) groups excluding carboxylic acids is 1. The van der Waals surface area contributed by atoms with Crippen molar-refractivity contribution in [3.05, 3.63) is 23.4 Å². The van der Waals surface area contributed by atoms with E-state index >= 15 is 0 Å². The van der Waals surface area contributed by atoms with Gasteiger partial charge < -0.3 is 14.7 Å². The molecule has 1 N–H and O–H groups in total. The number of aldehydes is 1. The number of nitrogens with zero attached hydrogens (tertiary/aromatic N) is 2. The number of aryl methyl sites for hydroxylation is 1. The molecule has 1 aliphatic heterocycles. The Hall–Kier alpha value is -1.46. The highest BCUT2D eigenvalue weighted by molar-refractivity contribution is 5.75. The summed E-state index contributed by atoms with van der Waals surface area (Å²) in [7, 11) is 0. The summed E-state index contributed by atoms with van der Waals surface area (Å²) in [6.45, 7) is 3.91. The molecule has 5 heteroatoms. The minimum atomic E-state index is -0.157. The molecule has 5 nitrogen and oxygen atoms in total. The lowest BCUT2D eigenvalue weighted by Crippen LogP contribution is -2.44. The molecule has 92 valence electrons. The molecule has 1 aromatic rings. The van der Waals surface area contributed by atoms with Crippen molar-refractivity contribution in [2.24, 2.45) is 0 Å². The number of carbonyl (C=O) groups is 1. The van der Waals surface area contributed by atoms with Gasteiger partial charge in [0.25, 0.3) is 0 Å². The number of pyridine rings is 1. The lowest BCUT2D eigenvalue weighted by atomic mass is 10.2. The molecule has 1 saturated heterocycles. The summed E-state index contributed by atoms with van der Waals surface area (Å²) in [6, 6.07) is 1.82. The van der Waals surface area contributed by atoms with Gasteiger partial charge >= 0.3 is 0 Å². The maximum atomic E-state index is 10.6. The largest absolute Gasteiger partial charge is 0.394 e. The highest BCUT2D eigenvalue weighted by Gasteiger charge is 2.21. The number of aliphatic hydroxyl groups is 1. The quantitative estimate of drug-likeness (QED) is 0.770. The normalized spacial score (nSPS) is 20.4. The molecule has 0 amide bonds. The molecule has 0 aromatic carbocycles. The number of anilines is 1. The zero-order valence-electron chi connectivity index (χ0n) is 9.80. The van der Waals surface area contributed by atoms with Gasteiger partial charge in [-0.25, -0.2) is 4.98 Å². The second kappa shape index (κ2) is 5.25. The van der Waals surface area contributed by atoms with Crippen molar-refractivity contribution in [1.82, 2.24) is 4.98 Å². The van der Waals surface area contributed by atoms with E-state index in [0.717, 1.165) is 24.2 Å². The zero-order valence-corrected chi connectivity index (χ0v) is 9.80. The van der Waals surface area contributed by atoms with E-state index < -0.39 is 0 Å². The molecule has 1 unspecified atom stereocenters. The molecule has 0 radical (unpaired) electrons. The highest BCUT2D eigenvalue weighted by atomic mass is 16.5. The molecule has 0 aliphatic carbocycles. The van der Waals surface area contributed by atoms with Gasteiger partial charge in [0.15, 0.2) is 6.29 Å². The Kier molecular flexibility index (Phi) is 3.71. The van der Waals surface area contributed by atoms with Crippen LogP contribution in [0.15, 0.2) is 12.3 Å². The van der Waals surface area contributed by atoms with Gasteiger partial charge in [-0.3, -0.25) is 4.79 Å². The van der Waals surface area contributed by atoms with Crippen LogP contribution >= 0.6 is 0 Å². The first-order valence-corrected chi connectivity index (χ1v) is 5.64. The number of aromatic nitrogens is 1. The maximum absolute atomic E-state index is 10.6. The van der Waals surface area contributed by atoms with Crippen LogP contribution in [0.4, 0.5) is 5.82 Å². The third kappa shape index (κ3) is 2.62. The first kappa shape index (κ1) is 12.0. The Morgan fingerprint density at radius 2 is 2.53 bits per heavy atom. The number of hydrogen-bond donors (Lipinski definition) is 1. The SMILES string of the molecule is Cc1cc(C=O)cnc1N1CCOC(CO)C1. The predicted octanol–water partition coefficient (Wildman–Crippen LogP) is 0.400. The molecule has 17 heavy (non-hydrogen) atoms. The van der Waals surface area contributed by atoms with Crippen LogP contribution in [0.25, 0.3) is 0 Å². The summed E-state index contributed by atoms with van der Waals surface area (Å²) in [6.07, 6.45) is 2.20. The number of rotatable bonds is 3. The number of ether oxygens (including phenoxy) is 1. The molecule has 0 spiro atoms. The molecule has 0 saturated carbocycles. The predicted molar refractivity (Wildman–Crippen MR) is 63.4 cm³/mol. The van der Waals surface area contributed by atoms with Crippen LogP contribution in [0.2, 0.25) is 0 Å². The number of hydrogen-bond acceptors (Lipinski definition) is 5. The van der Waals surface area contributed by atoms with Gasteiger partial charge in [-0.15, -0.1) is 0 Å². The Labute approximate surface area is 100 Å². The van der Waals surface area contributed by atoms with Crippen LogP contribution in [0.3, 0.4) is 0 Å². The highest BCUT2D eigenvalue weighted by Crippen LogP contribution is 2.20. The second-order valence-corrected chi connectivity index (χ2v) is 4.15. The van der Waals surface area contributed by atoms with Gasteiger partial charge in [-0.1, -0.05) is 0 Å².